The van der Waals surface area contributed by atoms with Gasteiger partial charge in [0.05, 0.1) is 10.4 Å². The fourth-order valence-electron chi connectivity index (χ4n) is 1.23. The smallest absolute Gasteiger partial charge is 0.0756 e. The van der Waals surface area contributed by atoms with E-state index in [-0.39, 0.29) is 0 Å². The summed E-state index contributed by atoms with van der Waals surface area (Å²) in [5.41, 5.74) is 2.80. The van der Waals surface area contributed by atoms with Crippen LogP contribution in [0.4, 0.5) is 0 Å². The third-order valence-electron chi connectivity index (χ3n) is 2.09. The molecular formula is C9H15NSi. The van der Waals surface area contributed by atoms with Crippen LogP contribution in [0.25, 0.3) is 0 Å². The molecule has 60 valence electrons. The summed E-state index contributed by atoms with van der Waals surface area (Å²) in [6, 6.07) is 9.04. The standard InChI is InChI=1S/C9H15NSi/c1-7-5-3-4-6-9(7)8(2)10-11/h3-6,8,10H,1-2,11H3. The van der Waals surface area contributed by atoms with Crippen LogP contribution in [0.1, 0.15) is 24.1 Å². The number of nitrogens with one attached hydrogen (secondary N) is 1. The monoisotopic (exact) mass is 165 g/mol. The quantitative estimate of drug-likeness (QED) is 0.643. The van der Waals surface area contributed by atoms with Crippen LogP contribution in [0, 0.1) is 6.92 Å². The van der Waals surface area contributed by atoms with E-state index in [1.54, 1.807) is 0 Å². The van der Waals surface area contributed by atoms with Gasteiger partial charge in [-0.25, -0.2) is 0 Å². The third-order valence-corrected chi connectivity index (χ3v) is 2.95. The van der Waals surface area contributed by atoms with E-state index >= 15 is 0 Å². The number of benzene rings is 1. The molecule has 0 saturated carbocycles. The Balaban J connectivity index is 2.93. The first-order valence-corrected chi connectivity index (χ1v) is 4.98. The van der Waals surface area contributed by atoms with Gasteiger partial charge in [-0.1, -0.05) is 24.3 Å². The van der Waals surface area contributed by atoms with Crippen molar-refractivity contribution in [2.75, 3.05) is 0 Å². The largest absolute Gasteiger partial charge is 0.339 e. The molecule has 2 heteroatoms. The molecule has 0 aliphatic carbocycles. The van der Waals surface area contributed by atoms with Gasteiger partial charge in [0, 0.05) is 6.04 Å². The second-order valence-electron chi connectivity index (χ2n) is 2.87. The number of rotatable bonds is 2. The first-order valence-electron chi connectivity index (χ1n) is 3.98. The van der Waals surface area contributed by atoms with Crippen LogP contribution in [-0.2, 0) is 0 Å². The first kappa shape index (κ1) is 8.49. The first-order chi connectivity index (χ1) is 5.25. The van der Waals surface area contributed by atoms with Crippen molar-refractivity contribution in [2.45, 2.75) is 19.9 Å². The van der Waals surface area contributed by atoms with Gasteiger partial charge in [0.15, 0.2) is 0 Å². The van der Waals surface area contributed by atoms with Crippen molar-refractivity contribution in [3.8, 4) is 0 Å². The van der Waals surface area contributed by atoms with Gasteiger partial charge in [-0.05, 0) is 25.0 Å². The van der Waals surface area contributed by atoms with E-state index in [1.165, 1.54) is 11.1 Å². The zero-order valence-corrected chi connectivity index (χ0v) is 9.39. The molecule has 0 radical (unpaired) electrons. The summed E-state index contributed by atoms with van der Waals surface area (Å²) in [5, 5.41) is 0. The topological polar surface area (TPSA) is 12.0 Å². The maximum atomic E-state index is 3.36. The lowest BCUT2D eigenvalue weighted by atomic mass is 10.0. The molecule has 11 heavy (non-hydrogen) atoms. The molecule has 0 bridgehead atoms. The van der Waals surface area contributed by atoms with Gasteiger partial charge in [-0.15, -0.1) is 0 Å². The van der Waals surface area contributed by atoms with Crippen LogP contribution in [0.5, 0.6) is 0 Å². The second kappa shape index (κ2) is 3.69. The van der Waals surface area contributed by atoms with Crippen molar-refractivity contribution in [2.24, 2.45) is 0 Å². The Bertz CT molecular complexity index is 235. The van der Waals surface area contributed by atoms with Gasteiger partial charge in [-0.2, -0.15) is 0 Å². The molecule has 1 rings (SSSR count). The van der Waals surface area contributed by atoms with Crippen molar-refractivity contribution < 1.29 is 0 Å². The zero-order chi connectivity index (χ0) is 8.27. The molecule has 1 aromatic carbocycles. The number of aryl methyl sites for hydroxylation is 1. The number of hydrogen-bond acceptors (Lipinski definition) is 1. The van der Waals surface area contributed by atoms with Gasteiger partial charge in [0.2, 0.25) is 0 Å². The summed E-state index contributed by atoms with van der Waals surface area (Å²) in [4.78, 5) is 3.36. The third kappa shape index (κ3) is 1.91. The molecular weight excluding hydrogens is 150 g/mol. The van der Waals surface area contributed by atoms with E-state index < -0.39 is 0 Å². The molecule has 0 aliphatic rings. The predicted octanol–water partition coefficient (Wildman–Crippen LogP) is 0.926. The van der Waals surface area contributed by atoms with Gasteiger partial charge >= 0.3 is 0 Å². The second-order valence-corrected chi connectivity index (χ2v) is 3.44. The maximum absolute atomic E-state index is 3.36. The summed E-state index contributed by atoms with van der Waals surface area (Å²) in [7, 11) is 1.06. The fraction of sp³-hybridized carbons (Fsp3) is 0.333. The van der Waals surface area contributed by atoms with Gasteiger partial charge in [0.25, 0.3) is 0 Å². The molecule has 0 aromatic heterocycles. The Hall–Kier alpha value is -0.603. The predicted molar refractivity (Wildman–Crippen MR) is 52.7 cm³/mol. The van der Waals surface area contributed by atoms with E-state index in [9.17, 15) is 0 Å². The van der Waals surface area contributed by atoms with E-state index in [0.717, 1.165) is 10.4 Å². The van der Waals surface area contributed by atoms with Gasteiger partial charge < -0.3 is 4.98 Å². The van der Waals surface area contributed by atoms with Crippen molar-refractivity contribution in [1.29, 1.82) is 0 Å². The summed E-state index contributed by atoms with van der Waals surface area (Å²) < 4.78 is 0. The van der Waals surface area contributed by atoms with Gasteiger partial charge in [0.1, 0.15) is 0 Å². The summed E-state index contributed by atoms with van der Waals surface area (Å²) in [5.74, 6) is 0. The van der Waals surface area contributed by atoms with Crippen molar-refractivity contribution in [3.05, 3.63) is 35.4 Å². The highest BCUT2D eigenvalue weighted by Crippen LogP contribution is 2.15. The Morgan fingerprint density at radius 3 is 2.55 bits per heavy atom. The maximum Gasteiger partial charge on any atom is 0.0756 e. The van der Waals surface area contributed by atoms with E-state index in [0.29, 0.717) is 6.04 Å². The average Bonchev–Trinajstić information content (AvgIpc) is 2.04. The molecule has 0 aliphatic heterocycles. The highest BCUT2D eigenvalue weighted by Gasteiger charge is 2.02. The molecule has 0 amide bonds. The van der Waals surface area contributed by atoms with Crippen LogP contribution >= 0.6 is 0 Å². The van der Waals surface area contributed by atoms with Crippen molar-refractivity contribution in [1.82, 2.24) is 4.98 Å². The van der Waals surface area contributed by atoms with Crippen LogP contribution in [0.2, 0.25) is 0 Å². The van der Waals surface area contributed by atoms with Crippen LogP contribution in [-0.4, -0.2) is 10.4 Å². The highest BCUT2D eigenvalue weighted by molar-refractivity contribution is 6.04. The zero-order valence-electron chi connectivity index (χ0n) is 7.39. The number of hydrogen-bond donors (Lipinski definition) is 1. The molecule has 1 nitrogen and oxygen atoms in total. The summed E-state index contributed by atoms with van der Waals surface area (Å²) in [6.45, 7) is 4.36. The molecule has 1 atom stereocenters. The van der Waals surface area contributed by atoms with Crippen LogP contribution in [0.3, 0.4) is 0 Å². The Morgan fingerprint density at radius 1 is 1.36 bits per heavy atom. The van der Waals surface area contributed by atoms with Gasteiger partial charge in [-0.3, -0.25) is 0 Å². The van der Waals surface area contributed by atoms with Crippen LogP contribution in [0.15, 0.2) is 24.3 Å². The fourth-order valence-corrected chi connectivity index (χ4v) is 1.54. The summed E-state index contributed by atoms with van der Waals surface area (Å²) in [6.07, 6.45) is 0. The molecule has 1 N–H and O–H groups in total. The van der Waals surface area contributed by atoms with Crippen LogP contribution < -0.4 is 4.98 Å². The minimum absolute atomic E-state index is 0.517. The van der Waals surface area contributed by atoms with Crippen molar-refractivity contribution in [3.63, 3.8) is 0 Å². The molecule has 1 unspecified atom stereocenters. The Morgan fingerprint density at radius 2 is 2.00 bits per heavy atom. The molecule has 0 heterocycles. The minimum atomic E-state index is 0.517. The Kier molecular flexibility index (Phi) is 2.85. The normalized spacial score (nSPS) is 13.3. The SMILES string of the molecule is Cc1ccccc1C(C)N[SiH3]. The molecule has 0 saturated heterocycles. The minimum Gasteiger partial charge on any atom is -0.339 e. The molecule has 0 spiro atoms. The lowest BCUT2D eigenvalue weighted by Crippen LogP contribution is -2.14. The van der Waals surface area contributed by atoms with E-state index in [1.807, 2.05) is 0 Å². The summed E-state index contributed by atoms with van der Waals surface area (Å²) >= 11 is 0. The lowest BCUT2D eigenvalue weighted by Gasteiger charge is -2.12. The molecule has 0 fully saturated rings. The molecule has 1 aromatic rings. The van der Waals surface area contributed by atoms with E-state index in [2.05, 4.69) is 43.1 Å². The van der Waals surface area contributed by atoms with Crippen molar-refractivity contribution >= 4 is 10.4 Å². The lowest BCUT2D eigenvalue weighted by molar-refractivity contribution is 0.738. The van der Waals surface area contributed by atoms with E-state index in [4.69, 9.17) is 0 Å². The average molecular weight is 165 g/mol. The highest BCUT2D eigenvalue weighted by atomic mass is 28.2. The Labute approximate surface area is 71.3 Å².